The Hall–Kier alpha value is -0.696. The third kappa shape index (κ3) is 10.9. The SMILES string of the molecule is CC[Si](CC)(CC)O[C@H](CCN1CCC2(CC2)[C@H](O[Si](CC)(CC)CC)C1)CN(CC(OC)OC)C(=O)[C@H](C)Nc1ccc(Cl)c(Cl)c1. The summed E-state index contributed by atoms with van der Waals surface area (Å²) >= 11 is 12.4. The van der Waals surface area contributed by atoms with Crippen molar-refractivity contribution in [2.75, 3.05) is 52.3 Å². The van der Waals surface area contributed by atoms with Gasteiger partial charge in [-0.25, -0.2) is 0 Å². The van der Waals surface area contributed by atoms with E-state index in [0.717, 1.165) is 49.9 Å². The number of likely N-dealkylation sites (tertiary alicyclic amines) is 1. The van der Waals surface area contributed by atoms with E-state index >= 15 is 0 Å². The molecule has 12 heteroatoms. The normalized spacial score (nSPS) is 19.5. The predicted molar refractivity (Wildman–Crippen MR) is 205 cm³/mol. The van der Waals surface area contributed by atoms with E-state index in [1.807, 2.05) is 17.9 Å². The van der Waals surface area contributed by atoms with Crippen molar-refractivity contribution < 1.29 is 23.1 Å². The molecule has 0 aromatic heterocycles. The van der Waals surface area contributed by atoms with Crippen LogP contribution >= 0.6 is 23.2 Å². The molecule has 1 amide bonds. The lowest BCUT2D eigenvalue weighted by molar-refractivity contribution is -0.148. The van der Waals surface area contributed by atoms with Crippen LogP contribution in [0.4, 0.5) is 5.69 Å². The number of nitrogens with zero attached hydrogens (tertiary/aromatic N) is 2. The minimum absolute atomic E-state index is 0.0485. The molecule has 8 nitrogen and oxygen atoms in total. The van der Waals surface area contributed by atoms with Crippen molar-refractivity contribution in [3.05, 3.63) is 28.2 Å². The fourth-order valence-electron chi connectivity index (χ4n) is 7.43. The highest BCUT2D eigenvalue weighted by Crippen LogP contribution is 2.55. The van der Waals surface area contributed by atoms with E-state index in [1.165, 1.54) is 37.4 Å². The van der Waals surface area contributed by atoms with Crippen LogP contribution in [0.25, 0.3) is 0 Å². The number of benzene rings is 1. The Morgan fingerprint density at radius 1 is 0.938 bits per heavy atom. The first-order chi connectivity index (χ1) is 22.9. The van der Waals surface area contributed by atoms with Gasteiger partial charge >= 0.3 is 0 Å². The maximum absolute atomic E-state index is 14.1. The Morgan fingerprint density at radius 2 is 1.54 bits per heavy atom. The number of rotatable bonds is 22. The number of hydrogen-bond donors (Lipinski definition) is 1. The van der Waals surface area contributed by atoms with Gasteiger partial charge in [0.15, 0.2) is 22.9 Å². The Balaban J connectivity index is 1.82. The summed E-state index contributed by atoms with van der Waals surface area (Å²) in [5.41, 5.74) is 1.13. The van der Waals surface area contributed by atoms with Gasteiger partial charge in [0.1, 0.15) is 6.04 Å². The first kappa shape index (κ1) is 41.7. The molecule has 3 atom stereocenters. The van der Waals surface area contributed by atoms with Crippen LogP contribution in [0.15, 0.2) is 18.2 Å². The largest absolute Gasteiger partial charge is 0.412 e. The van der Waals surface area contributed by atoms with Gasteiger partial charge in [-0.3, -0.25) is 4.79 Å². The second-order valence-corrected chi connectivity index (χ2v) is 24.4. The van der Waals surface area contributed by atoms with Gasteiger partial charge in [-0.2, -0.15) is 0 Å². The average Bonchev–Trinajstić information content (AvgIpc) is 3.89. The number of nitrogens with one attached hydrogen (secondary N) is 1. The third-order valence-electron chi connectivity index (χ3n) is 11.7. The summed E-state index contributed by atoms with van der Waals surface area (Å²) in [4.78, 5) is 18.6. The Labute approximate surface area is 304 Å². The number of anilines is 1. The van der Waals surface area contributed by atoms with E-state index in [9.17, 15) is 4.79 Å². The molecule has 0 radical (unpaired) electrons. The lowest BCUT2D eigenvalue weighted by atomic mass is 9.90. The van der Waals surface area contributed by atoms with Crippen LogP contribution in [0.1, 0.15) is 74.1 Å². The van der Waals surface area contributed by atoms with Crippen molar-refractivity contribution >= 4 is 51.4 Å². The molecule has 2 fully saturated rings. The number of ether oxygens (including phenoxy) is 2. The van der Waals surface area contributed by atoms with Crippen LogP contribution in [0.5, 0.6) is 0 Å². The van der Waals surface area contributed by atoms with Gasteiger partial charge < -0.3 is 33.4 Å². The molecule has 276 valence electrons. The van der Waals surface area contributed by atoms with Crippen LogP contribution < -0.4 is 5.32 Å². The number of piperidine rings is 1. The average molecular weight is 747 g/mol. The van der Waals surface area contributed by atoms with E-state index in [4.69, 9.17) is 41.5 Å². The maximum Gasteiger partial charge on any atom is 0.245 e. The fourth-order valence-corrected chi connectivity index (χ4v) is 13.6. The molecule has 1 saturated heterocycles. The molecule has 1 aromatic carbocycles. The van der Waals surface area contributed by atoms with E-state index in [2.05, 4.69) is 51.8 Å². The highest BCUT2D eigenvalue weighted by Gasteiger charge is 2.54. The van der Waals surface area contributed by atoms with Gasteiger partial charge in [0, 0.05) is 39.5 Å². The van der Waals surface area contributed by atoms with Crippen molar-refractivity contribution in [3.63, 3.8) is 0 Å². The van der Waals surface area contributed by atoms with Gasteiger partial charge in [-0.1, -0.05) is 64.7 Å². The lowest BCUT2D eigenvalue weighted by Gasteiger charge is -2.44. The van der Waals surface area contributed by atoms with Crippen LogP contribution in [-0.2, 0) is 23.1 Å². The molecule has 1 N–H and O–H groups in total. The first-order valence-electron chi connectivity index (χ1n) is 18.5. The highest BCUT2D eigenvalue weighted by atomic mass is 35.5. The van der Waals surface area contributed by atoms with Crippen LogP contribution in [0.3, 0.4) is 0 Å². The molecule has 2 aliphatic rings. The summed E-state index contributed by atoms with van der Waals surface area (Å²) in [6.45, 7) is 19.5. The Bertz CT molecular complexity index is 1120. The zero-order valence-corrected chi connectivity index (χ0v) is 34.9. The summed E-state index contributed by atoms with van der Waals surface area (Å²) < 4.78 is 25.6. The molecule has 1 spiro atoms. The smallest absolute Gasteiger partial charge is 0.245 e. The maximum atomic E-state index is 14.1. The fraction of sp³-hybridized carbons (Fsp3) is 0.806. The minimum atomic E-state index is -1.98. The molecular weight excluding hydrogens is 681 g/mol. The number of amides is 1. The standard InChI is InChI=1S/C36H65Cl2N3O5Si2/c1-10-47(11-2,12-3)45-30(18-22-40-23-21-36(19-20-36)33(26-40)46-48(13-4,14-5)15-6)25-41(27-34(43-8)44-9)35(42)28(7)39-29-16-17-31(37)32(38)24-29/h16-17,24,28,30,33-34,39H,10-15,18-23,25-27H2,1-9H3/t28-,30+,33+/m0/s1. The van der Waals surface area contributed by atoms with E-state index in [1.54, 1.807) is 26.4 Å². The quantitative estimate of drug-likeness (QED) is 0.0939. The van der Waals surface area contributed by atoms with Crippen molar-refractivity contribution in [3.8, 4) is 0 Å². The van der Waals surface area contributed by atoms with Gasteiger partial charge in [0.05, 0.1) is 28.8 Å². The van der Waals surface area contributed by atoms with E-state index in [-0.39, 0.29) is 12.0 Å². The van der Waals surface area contributed by atoms with Crippen molar-refractivity contribution in [1.29, 1.82) is 0 Å². The second-order valence-electron chi connectivity index (χ2n) is 14.2. The molecule has 3 rings (SSSR count). The van der Waals surface area contributed by atoms with E-state index < -0.39 is 29.0 Å². The van der Waals surface area contributed by atoms with Crippen LogP contribution in [0, 0.1) is 5.41 Å². The molecule has 1 aromatic rings. The van der Waals surface area contributed by atoms with Crippen molar-refractivity contribution in [1.82, 2.24) is 9.80 Å². The third-order valence-corrected chi connectivity index (χ3v) is 21.8. The molecular formula is C36H65Cl2N3O5Si2. The molecule has 1 heterocycles. The highest BCUT2D eigenvalue weighted by molar-refractivity contribution is 6.74. The summed E-state index contributed by atoms with van der Waals surface area (Å²) in [5, 5.41) is 4.24. The molecule has 0 unspecified atom stereocenters. The summed E-state index contributed by atoms with van der Waals surface area (Å²) in [7, 11) is -0.468. The second kappa shape index (κ2) is 19.2. The monoisotopic (exact) mass is 745 g/mol. The number of carbonyl (C=O) groups is 1. The number of halogens is 2. The van der Waals surface area contributed by atoms with E-state index in [0.29, 0.717) is 34.7 Å². The molecule has 1 aliphatic carbocycles. The Morgan fingerprint density at radius 3 is 2.06 bits per heavy atom. The Kier molecular flexibility index (Phi) is 16.7. The topological polar surface area (TPSA) is 72.5 Å². The van der Waals surface area contributed by atoms with Crippen LogP contribution in [-0.4, -0.2) is 104 Å². The zero-order valence-electron chi connectivity index (χ0n) is 31.3. The van der Waals surface area contributed by atoms with Gasteiger partial charge in [0.25, 0.3) is 0 Å². The predicted octanol–water partition coefficient (Wildman–Crippen LogP) is 8.90. The molecule has 0 bridgehead atoms. The number of hydrogen-bond acceptors (Lipinski definition) is 7. The zero-order chi connectivity index (χ0) is 35.5. The van der Waals surface area contributed by atoms with Crippen molar-refractivity contribution in [2.24, 2.45) is 5.41 Å². The lowest BCUT2D eigenvalue weighted by Crippen LogP contribution is -2.53. The number of carbonyl (C=O) groups excluding carboxylic acids is 1. The first-order valence-corrected chi connectivity index (χ1v) is 24.4. The molecule has 1 aliphatic heterocycles. The summed E-state index contributed by atoms with van der Waals surface area (Å²) in [6, 6.07) is 11.5. The van der Waals surface area contributed by atoms with Crippen molar-refractivity contribution in [2.45, 2.75) is 135 Å². The number of methoxy groups -OCH3 is 2. The van der Waals surface area contributed by atoms with Crippen LogP contribution in [0.2, 0.25) is 46.3 Å². The summed E-state index contributed by atoms with van der Waals surface area (Å²) in [5.74, 6) is -0.0485. The minimum Gasteiger partial charge on any atom is -0.412 e. The van der Waals surface area contributed by atoms with Gasteiger partial charge in [-0.15, -0.1) is 0 Å². The van der Waals surface area contributed by atoms with Gasteiger partial charge in [-0.05, 0) is 99.0 Å². The molecule has 48 heavy (non-hydrogen) atoms. The van der Waals surface area contributed by atoms with Gasteiger partial charge in [0.2, 0.25) is 5.91 Å². The summed E-state index contributed by atoms with van der Waals surface area (Å²) in [6.07, 6.45) is 4.38. The molecule has 1 saturated carbocycles.